The number of carbonyl (C=O) groups is 2. The van der Waals surface area contributed by atoms with Gasteiger partial charge in [0.2, 0.25) is 10.0 Å². The van der Waals surface area contributed by atoms with Gasteiger partial charge in [-0.15, -0.1) is 0 Å². The number of anilines is 1. The summed E-state index contributed by atoms with van der Waals surface area (Å²) in [5, 5.41) is 7.65. The molecule has 0 aromatic heterocycles. The van der Waals surface area contributed by atoms with E-state index in [1.54, 1.807) is 38.1 Å². The van der Waals surface area contributed by atoms with E-state index in [9.17, 15) is 18.0 Å². The van der Waals surface area contributed by atoms with Crippen LogP contribution in [0.15, 0.2) is 53.4 Å². The molecule has 1 amide bonds. The number of benzene rings is 2. The van der Waals surface area contributed by atoms with E-state index < -0.39 is 22.0 Å². The number of nitrogens with one attached hydrogen (secondary N) is 1. The number of nitrogens with two attached hydrogens (primary N) is 1. The summed E-state index contributed by atoms with van der Waals surface area (Å²) >= 11 is 0. The number of ketones is 1. The third-order valence-corrected chi connectivity index (χ3v) is 4.56. The standard InChI is InChI=1S/C18H20N2O5S/c1-3-17(21)13-4-8-15(9-5-13)25-12(2)18(22)20-14-6-10-16(11-7-14)26(19,23)24/h4-12H,3H2,1-2H3,(H,20,22)(H2,19,23,24)/t12-/m1/s1. The minimum atomic E-state index is -3.78. The van der Waals surface area contributed by atoms with E-state index in [1.807, 2.05) is 0 Å². The van der Waals surface area contributed by atoms with Crippen molar-refractivity contribution in [2.45, 2.75) is 31.3 Å². The van der Waals surface area contributed by atoms with Crippen molar-refractivity contribution in [3.63, 3.8) is 0 Å². The molecule has 0 radical (unpaired) electrons. The molecule has 2 aromatic carbocycles. The fourth-order valence-electron chi connectivity index (χ4n) is 2.15. The SMILES string of the molecule is CCC(=O)c1ccc(O[C@H](C)C(=O)Nc2ccc(S(N)(=O)=O)cc2)cc1. The lowest BCUT2D eigenvalue weighted by Gasteiger charge is -2.15. The fourth-order valence-corrected chi connectivity index (χ4v) is 2.67. The molecular weight excluding hydrogens is 356 g/mol. The summed E-state index contributed by atoms with van der Waals surface area (Å²) in [6.45, 7) is 3.37. The summed E-state index contributed by atoms with van der Waals surface area (Å²) < 4.78 is 28.0. The Morgan fingerprint density at radius 3 is 2.15 bits per heavy atom. The van der Waals surface area contributed by atoms with Crippen molar-refractivity contribution < 1.29 is 22.7 Å². The van der Waals surface area contributed by atoms with Crippen molar-refractivity contribution in [2.75, 3.05) is 5.32 Å². The Morgan fingerprint density at radius 1 is 1.08 bits per heavy atom. The van der Waals surface area contributed by atoms with Gasteiger partial charge in [0, 0.05) is 17.7 Å². The Hall–Kier alpha value is -2.71. The quantitative estimate of drug-likeness (QED) is 0.720. The maximum absolute atomic E-state index is 12.2. The Balaban J connectivity index is 1.98. The fraction of sp³-hybridized carbons (Fsp3) is 0.222. The van der Waals surface area contributed by atoms with Gasteiger partial charge in [-0.2, -0.15) is 0 Å². The zero-order chi connectivity index (χ0) is 19.3. The average Bonchev–Trinajstić information content (AvgIpc) is 2.61. The van der Waals surface area contributed by atoms with E-state index in [2.05, 4.69) is 5.32 Å². The van der Waals surface area contributed by atoms with Gasteiger partial charge in [-0.1, -0.05) is 6.92 Å². The molecule has 0 fully saturated rings. The Kier molecular flexibility index (Phi) is 6.12. The molecule has 2 rings (SSSR count). The molecule has 0 heterocycles. The number of sulfonamides is 1. The van der Waals surface area contributed by atoms with Crippen LogP contribution in [0.1, 0.15) is 30.6 Å². The smallest absolute Gasteiger partial charge is 0.265 e. The van der Waals surface area contributed by atoms with E-state index in [4.69, 9.17) is 9.88 Å². The molecule has 0 bridgehead atoms. The third-order valence-electron chi connectivity index (χ3n) is 3.63. The number of amides is 1. The zero-order valence-electron chi connectivity index (χ0n) is 14.4. The molecular formula is C18H20N2O5S. The van der Waals surface area contributed by atoms with Gasteiger partial charge in [0.1, 0.15) is 5.75 Å². The summed E-state index contributed by atoms with van der Waals surface area (Å²) in [7, 11) is -3.78. The molecule has 0 unspecified atom stereocenters. The van der Waals surface area contributed by atoms with Gasteiger partial charge >= 0.3 is 0 Å². The number of Topliss-reactive ketones (excluding diaryl/α,β-unsaturated/α-hetero) is 1. The first-order valence-electron chi connectivity index (χ1n) is 7.94. The van der Waals surface area contributed by atoms with Gasteiger partial charge < -0.3 is 10.1 Å². The molecule has 7 nitrogen and oxygen atoms in total. The summed E-state index contributed by atoms with van der Waals surface area (Å²) in [6.07, 6.45) is -0.371. The molecule has 2 aromatic rings. The van der Waals surface area contributed by atoms with Gasteiger partial charge in [-0.25, -0.2) is 13.6 Å². The first-order chi connectivity index (χ1) is 12.2. The molecule has 0 spiro atoms. The van der Waals surface area contributed by atoms with Crippen molar-refractivity contribution >= 4 is 27.4 Å². The first kappa shape index (κ1) is 19.6. The monoisotopic (exact) mass is 376 g/mol. The highest BCUT2D eigenvalue weighted by Crippen LogP contribution is 2.17. The van der Waals surface area contributed by atoms with Crippen LogP contribution in [0.4, 0.5) is 5.69 Å². The van der Waals surface area contributed by atoms with Crippen molar-refractivity contribution in [1.29, 1.82) is 0 Å². The van der Waals surface area contributed by atoms with E-state index in [0.29, 0.717) is 23.4 Å². The predicted octanol–water partition coefficient (Wildman–Crippen LogP) is 2.33. The molecule has 0 saturated carbocycles. The largest absolute Gasteiger partial charge is 0.481 e. The van der Waals surface area contributed by atoms with Crippen molar-refractivity contribution in [1.82, 2.24) is 0 Å². The van der Waals surface area contributed by atoms with Gasteiger partial charge in [0.25, 0.3) is 5.91 Å². The van der Waals surface area contributed by atoms with Crippen LogP contribution in [0.3, 0.4) is 0 Å². The lowest BCUT2D eigenvalue weighted by atomic mass is 10.1. The summed E-state index contributed by atoms with van der Waals surface area (Å²) in [4.78, 5) is 23.7. The number of rotatable bonds is 7. The number of hydrogen-bond acceptors (Lipinski definition) is 5. The molecule has 138 valence electrons. The van der Waals surface area contributed by atoms with E-state index >= 15 is 0 Å². The Morgan fingerprint density at radius 2 is 1.65 bits per heavy atom. The van der Waals surface area contributed by atoms with Crippen LogP contribution in [0, 0.1) is 0 Å². The van der Waals surface area contributed by atoms with Crippen molar-refractivity contribution in [3.05, 3.63) is 54.1 Å². The van der Waals surface area contributed by atoms with Gasteiger partial charge in [0.15, 0.2) is 11.9 Å². The van der Waals surface area contributed by atoms with Gasteiger partial charge in [-0.05, 0) is 55.5 Å². The van der Waals surface area contributed by atoms with Crippen LogP contribution in [-0.4, -0.2) is 26.2 Å². The molecule has 0 saturated heterocycles. The molecule has 0 aliphatic heterocycles. The van der Waals surface area contributed by atoms with E-state index in [0.717, 1.165) is 0 Å². The summed E-state index contributed by atoms with van der Waals surface area (Å²) in [5.41, 5.74) is 1.01. The van der Waals surface area contributed by atoms with Crippen LogP contribution >= 0.6 is 0 Å². The van der Waals surface area contributed by atoms with Crippen LogP contribution in [0.5, 0.6) is 5.75 Å². The Bertz CT molecular complexity index is 890. The number of carbonyl (C=O) groups excluding carboxylic acids is 2. The molecule has 26 heavy (non-hydrogen) atoms. The third kappa shape index (κ3) is 5.14. The minimum absolute atomic E-state index is 0.0327. The van der Waals surface area contributed by atoms with Crippen LogP contribution in [-0.2, 0) is 14.8 Å². The lowest BCUT2D eigenvalue weighted by Crippen LogP contribution is -2.30. The van der Waals surface area contributed by atoms with E-state index in [1.165, 1.54) is 24.3 Å². The maximum atomic E-state index is 12.2. The first-order valence-corrected chi connectivity index (χ1v) is 9.49. The maximum Gasteiger partial charge on any atom is 0.265 e. The zero-order valence-corrected chi connectivity index (χ0v) is 15.2. The van der Waals surface area contributed by atoms with Crippen LogP contribution in [0.2, 0.25) is 0 Å². The van der Waals surface area contributed by atoms with Gasteiger partial charge in [-0.3, -0.25) is 9.59 Å². The van der Waals surface area contributed by atoms with Crippen LogP contribution in [0.25, 0.3) is 0 Å². The minimum Gasteiger partial charge on any atom is -0.481 e. The molecule has 8 heteroatoms. The van der Waals surface area contributed by atoms with Crippen molar-refractivity contribution in [3.8, 4) is 5.75 Å². The number of hydrogen-bond donors (Lipinski definition) is 2. The second kappa shape index (κ2) is 8.11. The normalized spacial score (nSPS) is 12.3. The second-order valence-corrected chi connectivity index (χ2v) is 7.18. The summed E-state index contributed by atoms with van der Waals surface area (Å²) in [6, 6.07) is 12.1. The Labute approximate surface area is 152 Å². The predicted molar refractivity (Wildman–Crippen MR) is 97.6 cm³/mol. The highest BCUT2D eigenvalue weighted by molar-refractivity contribution is 7.89. The second-order valence-electron chi connectivity index (χ2n) is 5.62. The molecule has 1 atom stereocenters. The average molecular weight is 376 g/mol. The van der Waals surface area contributed by atoms with Crippen LogP contribution < -0.4 is 15.2 Å². The van der Waals surface area contributed by atoms with Crippen molar-refractivity contribution in [2.24, 2.45) is 5.14 Å². The van der Waals surface area contributed by atoms with E-state index in [-0.39, 0.29) is 10.7 Å². The molecule has 3 N–H and O–H groups in total. The molecule has 0 aliphatic rings. The topological polar surface area (TPSA) is 116 Å². The lowest BCUT2D eigenvalue weighted by molar-refractivity contribution is -0.122. The molecule has 0 aliphatic carbocycles. The summed E-state index contributed by atoms with van der Waals surface area (Å²) in [5.74, 6) is 0.0947. The number of primary sulfonamides is 1. The highest BCUT2D eigenvalue weighted by atomic mass is 32.2. The highest BCUT2D eigenvalue weighted by Gasteiger charge is 2.16. The number of ether oxygens (including phenoxy) is 1. The van der Waals surface area contributed by atoms with Gasteiger partial charge in [0.05, 0.1) is 4.90 Å².